The maximum Gasteiger partial charge on any atom is 2.00 e. The van der Waals surface area contributed by atoms with Gasteiger partial charge in [-0.25, -0.2) is 9.97 Å². The van der Waals surface area contributed by atoms with Gasteiger partial charge >= 0.3 is 45.8 Å². The molecule has 0 amide bonds. The molecule has 0 atom stereocenters. The normalized spacial score (nSPS) is 13.0. The van der Waals surface area contributed by atoms with Crippen LogP contribution < -0.4 is 9.97 Å². The third-order valence-electron chi connectivity index (χ3n) is 10.6. The number of fused-ring (bicyclic) bond motifs is 8. The molecule has 0 unspecified atom stereocenters. The predicted molar refractivity (Wildman–Crippen MR) is 219 cm³/mol. The molecule has 2 aliphatic heterocycles. The smallest absolute Gasteiger partial charge is 0.657 e. The van der Waals surface area contributed by atoms with Gasteiger partial charge in [0, 0.05) is 0 Å². The van der Waals surface area contributed by atoms with Crippen molar-refractivity contribution in [3.63, 3.8) is 0 Å². The van der Waals surface area contributed by atoms with E-state index in [1.165, 1.54) is 48.5 Å². The number of halogens is 12. The molecule has 330 valence electrons. The van der Waals surface area contributed by atoms with Crippen LogP contribution in [0.1, 0.15) is 45.0 Å². The molecule has 4 aromatic carbocycles. The van der Waals surface area contributed by atoms with Crippen molar-refractivity contribution in [3.8, 4) is 44.5 Å². The Kier molecular flexibility index (Phi) is 11.3. The van der Waals surface area contributed by atoms with Crippen LogP contribution in [0.3, 0.4) is 0 Å². The van der Waals surface area contributed by atoms with Crippen LogP contribution in [0.4, 0.5) is 52.7 Å². The molecular formula is C48H24F12N4Pt. The molecule has 9 rings (SSSR count). The molecule has 0 saturated carbocycles. The van der Waals surface area contributed by atoms with Crippen molar-refractivity contribution in [3.05, 3.63) is 166 Å². The summed E-state index contributed by atoms with van der Waals surface area (Å²) >= 11 is 0. The van der Waals surface area contributed by atoms with E-state index >= 15 is 0 Å². The minimum atomic E-state index is -4.67. The van der Waals surface area contributed by atoms with Crippen molar-refractivity contribution in [2.24, 2.45) is 0 Å². The number of aromatic nitrogens is 4. The van der Waals surface area contributed by atoms with Crippen molar-refractivity contribution in [1.82, 2.24) is 19.9 Å². The molecule has 0 aliphatic carbocycles. The summed E-state index contributed by atoms with van der Waals surface area (Å²) in [6, 6.07) is 23.1. The Labute approximate surface area is 374 Å². The Bertz CT molecular complexity index is 2750. The molecule has 65 heavy (non-hydrogen) atoms. The molecule has 0 spiro atoms. The van der Waals surface area contributed by atoms with Gasteiger partial charge in [0.1, 0.15) is 0 Å². The van der Waals surface area contributed by atoms with Crippen LogP contribution >= 0.6 is 0 Å². The summed E-state index contributed by atoms with van der Waals surface area (Å²) in [4.78, 5) is 19.4. The Morgan fingerprint density at radius 2 is 0.462 bits per heavy atom. The van der Waals surface area contributed by atoms with Crippen molar-refractivity contribution in [1.29, 1.82) is 0 Å². The van der Waals surface area contributed by atoms with E-state index < -0.39 is 47.0 Å². The Morgan fingerprint density at radius 1 is 0.277 bits per heavy atom. The molecule has 0 fully saturated rings. The van der Waals surface area contributed by atoms with Crippen LogP contribution in [0.5, 0.6) is 0 Å². The first-order valence-electron chi connectivity index (χ1n) is 19.0. The fourth-order valence-corrected chi connectivity index (χ4v) is 7.57. The van der Waals surface area contributed by atoms with E-state index in [-0.39, 0.29) is 110 Å². The van der Waals surface area contributed by atoms with Gasteiger partial charge in [-0.05, 0) is 117 Å². The van der Waals surface area contributed by atoms with Gasteiger partial charge in [0.25, 0.3) is 0 Å². The first kappa shape index (κ1) is 44.9. The van der Waals surface area contributed by atoms with Crippen LogP contribution in [0.2, 0.25) is 0 Å². The summed E-state index contributed by atoms with van der Waals surface area (Å²) in [5.74, 6) is 0. The molecule has 0 N–H and O–H groups in total. The van der Waals surface area contributed by atoms with Crippen LogP contribution in [-0.4, -0.2) is 9.97 Å². The second-order valence-electron chi connectivity index (χ2n) is 14.7. The Hall–Kier alpha value is -6.67. The molecule has 3 aromatic heterocycles. The van der Waals surface area contributed by atoms with E-state index in [1.54, 1.807) is 48.6 Å². The molecular weight excluding hydrogens is 1060 g/mol. The topological polar surface area (TPSA) is 54.0 Å². The molecule has 4 nitrogen and oxygen atoms in total. The van der Waals surface area contributed by atoms with Crippen LogP contribution in [0.15, 0.2) is 121 Å². The molecule has 8 bridgehead atoms. The van der Waals surface area contributed by atoms with Crippen molar-refractivity contribution in [2.75, 3.05) is 0 Å². The third kappa shape index (κ3) is 8.79. The number of hydrogen-bond acceptors (Lipinski definition) is 2. The van der Waals surface area contributed by atoms with Crippen LogP contribution in [0.25, 0.3) is 90.9 Å². The maximum atomic E-state index is 13.7. The van der Waals surface area contributed by atoms with E-state index in [2.05, 4.69) is 0 Å². The Morgan fingerprint density at radius 3 is 0.631 bits per heavy atom. The number of alkyl halides is 12. The van der Waals surface area contributed by atoms with E-state index in [0.29, 0.717) is 0 Å². The summed E-state index contributed by atoms with van der Waals surface area (Å²) in [7, 11) is 0. The first-order valence-corrected chi connectivity index (χ1v) is 19.0. The minimum absolute atomic E-state index is 0. The molecule has 0 radical (unpaired) electrons. The number of hydrogen-bond donors (Lipinski definition) is 0. The first-order chi connectivity index (χ1) is 30.2. The van der Waals surface area contributed by atoms with E-state index in [9.17, 15) is 52.7 Å². The van der Waals surface area contributed by atoms with Crippen molar-refractivity contribution in [2.45, 2.75) is 24.7 Å². The molecule has 17 heteroatoms. The summed E-state index contributed by atoms with van der Waals surface area (Å²) in [5, 5.41) is 0. The summed E-state index contributed by atoms with van der Waals surface area (Å²) in [6.07, 6.45) is -12.5. The standard InChI is InChI=1S/C48H24F12N4.Pt/c49-45(50,51)29-9-1-25(2-10-29)41-33-17-19-35(61-33)42(26-3-11-30(12-4-26)46(52,53)54)37-21-23-39(63-37)44(28-7-15-32(16-8-28)48(58,59)60)40-24-22-38(64-40)43(36-20-18-34(41)62-36)27-5-13-31(14-6-27)47(55,56)57;/h1-24H;/q-2;+2. The second kappa shape index (κ2) is 16.4. The van der Waals surface area contributed by atoms with Gasteiger partial charge in [-0.2, -0.15) is 52.7 Å². The summed E-state index contributed by atoms with van der Waals surface area (Å²) in [6.45, 7) is 0. The zero-order valence-corrected chi connectivity index (χ0v) is 34.8. The van der Waals surface area contributed by atoms with Gasteiger partial charge in [0.05, 0.1) is 45.0 Å². The molecule has 7 aromatic rings. The predicted octanol–water partition coefficient (Wildman–Crippen LogP) is 14.7. The second-order valence-corrected chi connectivity index (χ2v) is 14.7. The molecule has 0 saturated heterocycles. The van der Waals surface area contributed by atoms with Gasteiger partial charge < -0.3 is 9.97 Å². The molecule has 5 heterocycles. The number of nitrogens with zero attached hydrogens (tertiary/aromatic N) is 4. The third-order valence-corrected chi connectivity index (χ3v) is 10.6. The fraction of sp³-hybridized carbons (Fsp3) is 0.0833. The van der Waals surface area contributed by atoms with E-state index in [4.69, 9.17) is 19.9 Å². The van der Waals surface area contributed by atoms with Crippen LogP contribution in [0, 0.1) is 0 Å². The van der Waals surface area contributed by atoms with Gasteiger partial charge in [-0.3, -0.25) is 0 Å². The summed E-state index contributed by atoms with van der Waals surface area (Å²) in [5.41, 5.74) is -0.327. The average Bonchev–Trinajstić information content (AvgIpc) is 4.08. The summed E-state index contributed by atoms with van der Waals surface area (Å²) < 4.78 is 165. The minimum Gasteiger partial charge on any atom is -0.657 e. The van der Waals surface area contributed by atoms with E-state index in [0.717, 1.165) is 48.5 Å². The number of benzene rings is 4. The number of rotatable bonds is 4. The van der Waals surface area contributed by atoms with Gasteiger partial charge in [-0.15, -0.1) is 22.1 Å². The van der Waals surface area contributed by atoms with Gasteiger partial charge in [-0.1, -0.05) is 72.8 Å². The van der Waals surface area contributed by atoms with Gasteiger partial charge in [0.2, 0.25) is 0 Å². The molecule has 2 aliphatic rings. The maximum absolute atomic E-state index is 13.7. The quantitative estimate of drug-likeness (QED) is 0.165. The zero-order valence-electron chi connectivity index (χ0n) is 32.5. The van der Waals surface area contributed by atoms with E-state index in [1.807, 2.05) is 0 Å². The Balaban J connectivity index is 0.00000576. The zero-order chi connectivity index (χ0) is 45.3. The SMILES string of the molecule is FC(F)(F)c1ccc(-c2c3nc(c(-c4ccc(C(F)(F)F)cc4)c4ccc([n-]4)c(-c4ccc(C(F)(F)F)cc4)c4nc(c(-c5ccc(C(F)(F)F)cc5)c5ccc2[n-]5)C=C4)C=C3)cc1.[Pt+2]. The average molecular weight is 1080 g/mol. The van der Waals surface area contributed by atoms with Crippen LogP contribution in [-0.2, 0) is 45.8 Å². The van der Waals surface area contributed by atoms with Crippen molar-refractivity contribution < 1.29 is 73.8 Å². The fourth-order valence-electron chi connectivity index (χ4n) is 7.57. The van der Waals surface area contributed by atoms with Crippen molar-refractivity contribution >= 4 is 46.4 Å². The van der Waals surface area contributed by atoms with Gasteiger partial charge in [0.15, 0.2) is 0 Å². The monoisotopic (exact) mass is 1080 g/mol. The largest absolute Gasteiger partial charge is 2.00 e.